The fourth-order valence-electron chi connectivity index (χ4n) is 1.54. The van der Waals surface area contributed by atoms with E-state index in [9.17, 15) is 13.2 Å². The number of carboxylic acid groups (broad SMARTS) is 1. The molecule has 0 radical (unpaired) electrons. The highest BCUT2D eigenvalue weighted by Crippen LogP contribution is 2.23. The van der Waals surface area contributed by atoms with E-state index in [1.807, 2.05) is 0 Å². The molecule has 0 aliphatic rings. The number of para-hydroxylation sites is 1. The SMILES string of the molecule is COCC(Nc1ccccc1S(=O)(=O)N(C)C)C(=O)O. The van der Waals surface area contributed by atoms with Crippen molar-refractivity contribution in [2.75, 3.05) is 33.1 Å². The zero-order valence-electron chi connectivity index (χ0n) is 11.5. The summed E-state index contributed by atoms with van der Waals surface area (Å²) in [5.41, 5.74) is 0.227. The largest absolute Gasteiger partial charge is 0.480 e. The van der Waals surface area contributed by atoms with Gasteiger partial charge in [-0.1, -0.05) is 12.1 Å². The Morgan fingerprint density at radius 3 is 2.50 bits per heavy atom. The Morgan fingerprint density at radius 2 is 2.00 bits per heavy atom. The fraction of sp³-hybridized carbons (Fsp3) is 0.417. The maximum Gasteiger partial charge on any atom is 0.328 e. The maximum absolute atomic E-state index is 12.2. The van der Waals surface area contributed by atoms with E-state index in [0.29, 0.717) is 0 Å². The molecule has 1 atom stereocenters. The number of carbonyl (C=O) groups is 1. The first-order chi connectivity index (χ1) is 9.30. The lowest BCUT2D eigenvalue weighted by atomic mass is 10.2. The van der Waals surface area contributed by atoms with Crippen molar-refractivity contribution in [3.63, 3.8) is 0 Å². The highest BCUT2D eigenvalue weighted by atomic mass is 32.2. The molecule has 1 aromatic carbocycles. The number of hydrogen-bond acceptors (Lipinski definition) is 5. The van der Waals surface area contributed by atoms with Gasteiger partial charge in [0, 0.05) is 21.2 Å². The lowest BCUT2D eigenvalue weighted by Gasteiger charge is -2.19. The molecule has 0 aliphatic carbocycles. The van der Waals surface area contributed by atoms with Gasteiger partial charge in [0.1, 0.15) is 10.9 Å². The van der Waals surface area contributed by atoms with E-state index in [1.54, 1.807) is 12.1 Å². The van der Waals surface area contributed by atoms with Gasteiger partial charge in [-0.25, -0.2) is 17.5 Å². The standard InChI is InChI=1S/C12H18N2O5S/c1-14(2)20(17,18)11-7-5-4-6-9(11)13-10(8-19-3)12(15)16/h4-7,10,13H,8H2,1-3H3,(H,15,16). The normalized spacial score (nSPS) is 13.2. The molecule has 8 heteroatoms. The van der Waals surface area contributed by atoms with E-state index in [1.165, 1.54) is 33.3 Å². The van der Waals surface area contributed by atoms with Crippen molar-refractivity contribution < 1.29 is 23.1 Å². The second-order valence-electron chi connectivity index (χ2n) is 4.27. The molecule has 0 spiro atoms. The second-order valence-corrected chi connectivity index (χ2v) is 6.39. The average Bonchev–Trinajstić information content (AvgIpc) is 2.38. The maximum atomic E-state index is 12.2. The number of aliphatic carboxylic acids is 1. The van der Waals surface area contributed by atoms with Crippen molar-refractivity contribution in [1.29, 1.82) is 0 Å². The summed E-state index contributed by atoms with van der Waals surface area (Å²) in [6.45, 7) is -0.0777. The minimum Gasteiger partial charge on any atom is -0.480 e. The molecular formula is C12H18N2O5S. The summed E-state index contributed by atoms with van der Waals surface area (Å²) < 4.78 is 30.2. The molecule has 0 aliphatic heterocycles. The molecule has 112 valence electrons. The topological polar surface area (TPSA) is 95.9 Å². The van der Waals surface area contributed by atoms with E-state index in [-0.39, 0.29) is 17.2 Å². The van der Waals surface area contributed by atoms with Gasteiger partial charge < -0.3 is 15.2 Å². The van der Waals surface area contributed by atoms with Gasteiger partial charge in [0.15, 0.2) is 0 Å². The Bertz CT molecular complexity index is 571. The minimum atomic E-state index is -3.66. The van der Waals surface area contributed by atoms with Crippen LogP contribution in [0.2, 0.25) is 0 Å². The third-order valence-corrected chi connectivity index (χ3v) is 4.48. The number of nitrogens with zero attached hydrogens (tertiary/aromatic N) is 1. The lowest BCUT2D eigenvalue weighted by molar-refractivity contribution is -0.139. The van der Waals surface area contributed by atoms with Gasteiger partial charge in [-0.2, -0.15) is 0 Å². The van der Waals surface area contributed by atoms with Crippen LogP contribution in [-0.2, 0) is 19.6 Å². The van der Waals surface area contributed by atoms with Crippen LogP contribution in [0, 0.1) is 0 Å². The van der Waals surface area contributed by atoms with Crippen molar-refractivity contribution in [1.82, 2.24) is 4.31 Å². The predicted molar refractivity (Wildman–Crippen MR) is 74.2 cm³/mol. The van der Waals surface area contributed by atoms with Crippen molar-refractivity contribution in [3.05, 3.63) is 24.3 Å². The molecule has 0 heterocycles. The third kappa shape index (κ3) is 3.69. The summed E-state index contributed by atoms with van der Waals surface area (Å²) in [6.07, 6.45) is 0. The Labute approximate surface area is 118 Å². The molecule has 0 amide bonds. The fourth-order valence-corrected chi connectivity index (χ4v) is 2.59. The van der Waals surface area contributed by atoms with E-state index < -0.39 is 22.0 Å². The molecule has 0 saturated carbocycles. The van der Waals surface area contributed by atoms with Gasteiger partial charge in [0.25, 0.3) is 0 Å². The number of carboxylic acids is 1. The van der Waals surface area contributed by atoms with Crippen LogP contribution in [0.5, 0.6) is 0 Å². The van der Waals surface area contributed by atoms with Crippen LogP contribution in [-0.4, -0.2) is 57.7 Å². The molecule has 0 fully saturated rings. The van der Waals surface area contributed by atoms with Crippen molar-refractivity contribution in [3.8, 4) is 0 Å². The van der Waals surface area contributed by atoms with E-state index in [2.05, 4.69) is 5.32 Å². The molecule has 1 unspecified atom stereocenters. The molecule has 1 rings (SSSR count). The average molecular weight is 302 g/mol. The van der Waals surface area contributed by atoms with E-state index in [4.69, 9.17) is 9.84 Å². The number of ether oxygens (including phenoxy) is 1. The molecule has 20 heavy (non-hydrogen) atoms. The third-order valence-electron chi connectivity index (χ3n) is 2.61. The van der Waals surface area contributed by atoms with Crippen LogP contribution < -0.4 is 5.32 Å². The summed E-state index contributed by atoms with van der Waals surface area (Å²) in [7, 11) is 0.544. The quantitative estimate of drug-likeness (QED) is 0.759. The summed E-state index contributed by atoms with van der Waals surface area (Å²) in [5.74, 6) is -1.12. The molecule has 0 saturated heterocycles. The van der Waals surface area contributed by atoms with Gasteiger partial charge in [-0.3, -0.25) is 0 Å². The number of benzene rings is 1. The van der Waals surface area contributed by atoms with Crippen LogP contribution in [0.4, 0.5) is 5.69 Å². The zero-order valence-corrected chi connectivity index (χ0v) is 12.3. The Balaban J connectivity index is 3.17. The van der Waals surface area contributed by atoms with Crippen molar-refractivity contribution in [2.24, 2.45) is 0 Å². The number of anilines is 1. The summed E-state index contributed by atoms with van der Waals surface area (Å²) in [4.78, 5) is 11.1. The number of nitrogens with one attached hydrogen (secondary N) is 1. The monoisotopic (exact) mass is 302 g/mol. The molecule has 2 N–H and O–H groups in total. The first kappa shape index (κ1) is 16.4. The van der Waals surface area contributed by atoms with Crippen LogP contribution in [0.25, 0.3) is 0 Å². The molecule has 0 aromatic heterocycles. The van der Waals surface area contributed by atoms with Gasteiger partial charge in [-0.05, 0) is 12.1 Å². The number of sulfonamides is 1. The molecule has 0 bridgehead atoms. The van der Waals surface area contributed by atoms with Crippen LogP contribution >= 0.6 is 0 Å². The van der Waals surface area contributed by atoms with Crippen molar-refractivity contribution in [2.45, 2.75) is 10.9 Å². The highest BCUT2D eigenvalue weighted by molar-refractivity contribution is 7.89. The highest BCUT2D eigenvalue weighted by Gasteiger charge is 2.24. The number of rotatable bonds is 7. The number of methoxy groups -OCH3 is 1. The molecular weight excluding hydrogens is 284 g/mol. The van der Waals surface area contributed by atoms with Crippen molar-refractivity contribution >= 4 is 21.7 Å². The minimum absolute atomic E-state index is 0.0207. The molecule has 7 nitrogen and oxygen atoms in total. The van der Waals surface area contributed by atoms with Gasteiger partial charge in [0.2, 0.25) is 10.0 Å². The van der Waals surface area contributed by atoms with Crippen LogP contribution in [0.15, 0.2) is 29.2 Å². The van der Waals surface area contributed by atoms with Gasteiger partial charge in [-0.15, -0.1) is 0 Å². The van der Waals surface area contributed by atoms with Crippen LogP contribution in [0.3, 0.4) is 0 Å². The zero-order chi connectivity index (χ0) is 15.3. The van der Waals surface area contributed by atoms with E-state index in [0.717, 1.165) is 4.31 Å². The van der Waals surface area contributed by atoms with Gasteiger partial charge >= 0.3 is 5.97 Å². The first-order valence-electron chi connectivity index (χ1n) is 5.80. The smallest absolute Gasteiger partial charge is 0.328 e. The predicted octanol–water partition coefficient (Wildman–Crippen LogP) is 0.448. The second kappa shape index (κ2) is 6.69. The Morgan fingerprint density at radius 1 is 1.40 bits per heavy atom. The first-order valence-corrected chi connectivity index (χ1v) is 7.24. The Hall–Kier alpha value is -1.64. The number of hydrogen-bond donors (Lipinski definition) is 2. The van der Waals surface area contributed by atoms with Gasteiger partial charge in [0.05, 0.1) is 12.3 Å². The summed E-state index contributed by atoms with van der Waals surface area (Å²) >= 11 is 0. The Kier molecular flexibility index (Phi) is 5.49. The summed E-state index contributed by atoms with van der Waals surface area (Å²) in [5, 5.41) is 11.7. The summed E-state index contributed by atoms with van der Waals surface area (Å²) in [6, 6.07) is 5.11. The van der Waals surface area contributed by atoms with E-state index >= 15 is 0 Å². The van der Waals surface area contributed by atoms with Crippen LogP contribution in [0.1, 0.15) is 0 Å². The molecule has 1 aromatic rings. The lowest BCUT2D eigenvalue weighted by Crippen LogP contribution is -2.34.